The van der Waals surface area contributed by atoms with Crippen molar-refractivity contribution in [3.8, 4) is 0 Å². The lowest BCUT2D eigenvalue weighted by Gasteiger charge is -2.00. The topological polar surface area (TPSA) is 73.6 Å². The predicted molar refractivity (Wildman–Crippen MR) is 72.7 cm³/mol. The van der Waals surface area contributed by atoms with Crippen LogP contribution in [0.25, 0.3) is 16.8 Å². The number of ether oxygens (including phenoxy) is 1. The monoisotopic (exact) mass is 269 g/mol. The SMILES string of the molecule is CCOC(=O)c1cnc2nc3cccccc3n2c1=O. The second kappa shape index (κ2) is 4.73. The number of esters is 1. The van der Waals surface area contributed by atoms with Crippen molar-refractivity contribution < 1.29 is 9.53 Å². The first-order valence-corrected chi connectivity index (χ1v) is 6.16. The van der Waals surface area contributed by atoms with Crippen molar-refractivity contribution in [3.05, 3.63) is 52.4 Å². The number of hydrogen-bond acceptors (Lipinski definition) is 5. The molecule has 0 saturated carbocycles. The number of imidazole rings is 1. The molecule has 2 aromatic heterocycles. The van der Waals surface area contributed by atoms with Gasteiger partial charge in [-0.15, -0.1) is 0 Å². The van der Waals surface area contributed by atoms with Gasteiger partial charge in [0.25, 0.3) is 5.56 Å². The van der Waals surface area contributed by atoms with Gasteiger partial charge in [0, 0.05) is 0 Å². The van der Waals surface area contributed by atoms with Crippen molar-refractivity contribution in [2.75, 3.05) is 6.61 Å². The molecule has 0 spiro atoms. The van der Waals surface area contributed by atoms with E-state index in [1.54, 1.807) is 25.1 Å². The van der Waals surface area contributed by atoms with Gasteiger partial charge in [0.15, 0.2) is 0 Å². The molecule has 0 bridgehead atoms. The highest BCUT2D eigenvalue weighted by atomic mass is 16.5. The maximum absolute atomic E-state index is 12.4. The molecule has 0 fully saturated rings. The Bertz CT molecular complexity index is 870. The van der Waals surface area contributed by atoms with E-state index in [0.29, 0.717) is 11.0 Å². The van der Waals surface area contributed by atoms with Crippen molar-refractivity contribution in [3.63, 3.8) is 0 Å². The van der Waals surface area contributed by atoms with Crippen LogP contribution in [0.4, 0.5) is 0 Å². The summed E-state index contributed by atoms with van der Waals surface area (Å²) in [5, 5.41) is 0. The lowest BCUT2D eigenvalue weighted by molar-refractivity contribution is 0.0523. The smallest absolute Gasteiger partial charge is 0.345 e. The molecule has 1 aromatic carbocycles. The molecule has 0 amide bonds. The molecule has 0 radical (unpaired) electrons. The van der Waals surface area contributed by atoms with E-state index in [2.05, 4.69) is 9.97 Å². The average molecular weight is 269 g/mol. The van der Waals surface area contributed by atoms with Crippen LogP contribution >= 0.6 is 0 Å². The lowest BCUT2D eigenvalue weighted by atomic mass is 10.3. The Kier molecular flexibility index (Phi) is 2.90. The summed E-state index contributed by atoms with van der Waals surface area (Å²) in [5.41, 5.74) is 0.682. The van der Waals surface area contributed by atoms with Crippen LogP contribution in [0.5, 0.6) is 0 Å². The molecular formula is C14H11N3O3. The molecule has 3 rings (SSSR count). The lowest BCUT2D eigenvalue weighted by Crippen LogP contribution is -2.23. The minimum atomic E-state index is -0.672. The average Bonchev–Trinajstić information content (AvgIpc) is 2.62. The summed E-state index contributed by atoms with van der Waals surface area (Å²) in [6.45, 7) is 1.89. The molecule has 6 heteroatoms. The first-order valence-electron chi connectivity index (χ1n) is 6.16. The fourth-order valence-electron chi connectivity index (χ4n) is 2.01. The molecule has 0 aliphatic rings. The Morgan fingerprint density at radius 3 is 2.90 bits per heavy atom. The second-order valence-electron chi connectivity index (χ2n) is 4.13. The summed E-state index contributed by atoms with van der Waals surface area (Å²) >= 11 is 0. The van der Waals surface area contributed by atoms with E-state index in [1.165, 1.54) is 10.6 Å². The van der Waals surface area contributed by atoms with E-state index in [9.17, 15) is 9.59 Å². The number of nitrogens with zero attached hydrogens (tertiary/aromatic N) is 3. The quantitative estimate of drug-likeness (QED) is 0.658. The van der Waals surface area contributed by atoms with Crippen LogP contribution in [-0.4, -0.2) is 26.9 Å². The number of hydrogen-bond donors (Lipinski definition) is 0. The molecule has 2 heterocycles. The van der Waals surface area contributed by atoms with Gasteiger partial charge in [-0.3, -0.25) is 4.79 Å². The maximum atomic E-state index is 12.4. The predicted octanol–water partition coefficient (Wildman–Crippen LogP) is 1.42. The highest BCUT2D eigenvalue weighted by molar-refractivity contribution is 5.89. The van der Waals surface area contributed by atoms with E-state index < -0.39 is 11.5 Å². The standard InChI is InChI=1S/C14H11N3O3/c1-2-20-13(19)9-8-15-14-16-10-6-4-3-5-7-11(10)17(14)12(9)18/h3-8H,2H2,1H3. The minimum Gasteiger partial charge on any atom is -0.462 e. The summed E-state index contributed by atoms with van der Waals surface area (Å²) in [5.74, 6) is -0.404. The van der Waals surface area contributed by atoms with Gasteiger partial charge in [-0.1, -0.05) is 18.2 Å². The van der Waals surface area contributed by atoms with Gasteiger partial charge in [0.1, 0.15) is 5.56 Å². The van der Waals surface area contributed by atoms with Crippen molar-refractivity contribution in [1.29, 1.82) is 0 Å². The summed E-state index contributed by atoms with van der Waals surface area (Å²) in [7, 11) is 0. The molecule has 0 unspecified atom stereocenters. The van der Waals surface area contributed by atoms with Gasteiger partial charge in [0.05, 0.1) is 23.8 Å². The Morgan fingerprint density at radius 2 is 2.10 bits per heavy atom. The Balaban J connectivity index is 2.37. The third-order valence-corrected chi connectivity index (χ3v) is 2.89. The number of carbonyl (C=O) groups excluding carboxylic acids is 1. The van der Waals surface area contributed by atoms with Crippen LogP contribution in [0.1, 0.15) is 17.3 Å². The van der Waals surface area contributed by atoms with E-state index in [4.69, 9.17) is 4.74 Å². The summed E-state index contributed by atoms with van der Waals surface area (Å²) < 4.78 is 6.17. The fourth-order valence-corrected chi connectivity index (χ4v) is 2.01. The van der Waals surface area contributed by atoms with Crippen LogP contribution in [0, 0.1) is 0 Å². The molecule has 6 nitrogen and oxygen atoms in total. The van der Waals surface area contributed by atoms with Crippen LogP contribution in [0.3, 0.4) is 0 Å². The molecule has 100 valence electrons. The molecule has 20 heavy (non-hydrogen) atoms. The van der Waals surface area contributed by atoms with Crippen LogP contribution < -0.4 is 5.56 Å². The Labute approximate surface area is 113 Å². The molecule has 3 aromatic rings. The van der Waals surface area contributed by atoms with E-state index in [1.807, 2.05) is 12.1 Å². The maximum Gasteiger partial charge on any atom is 0.345 e. The van der Waals surface area contributed by atoms with Crippen LogP contribution in [-0.2, 0) is 4.74 Å². The first-order chi connectivity index (χ1) is 9.72. The highest BCUT2D eigenvalue weighted by Gasteiger charge is 2.16. The zero-order valence-electron chi connectivity index (χ0n) is 10.7. The zero-order valence-corrected chi connectivity index (χ0v) is 10.7. The van der Waals surface area contributed by atoms with Crippen molar-refractivity contribution in [2.24, 2.45) is 0 Å². The molecule has 0 saturated heterocycles. The van der Waals surface area contributed by atoms with Crippen LogP contribution in [0.15, 0.2) is 41.3 Å². The van der Waals surface area contributed by atoms with Gasteiger partial charge < -0.3 is 4.74 Å². The van der Waals surface area contributed by atoms with Gasteiger partial charge in [-0.2, -0.15) is 0 Å². The van der Waals surface area contributed by atoms with Crippen LogP contribution in [0.2, 0.25) is 0 Å². The second-order valence-corrected chi connectivity index (χ2v) is 4.13. The van der Waals surface area contributed by atoms with E-state index in [0.717, 1.165) is 0 Å². The Hall–Kier alpha value is -2.76. The van der Waals surface area contributed by atoms with Gasteiger partial charge in [0.2, 0.25) is 5.78 Å². The number of aromatic nitrogens is 3. The third kappa shape index (κ3) is 1.82. The molecule has 0 aliphatic heterocycles. The van der Waals surface area contributed by atoms with E-state index >= 15 is 0 Å². The fraction of sp³-hybridized carbons (Fsp3) is 0.143. The summed E-state index contributed by atoms with van der Waals surface area (Å²) in [6, 6.07) is 9.00. The molecule has 0 N–H and O–H groups in total. The highest BCUT2D eigenvalue weighted by Crippen LogP contribution is 2.12. The molecule has 0 aliphatic carbocycles. The summed E-state index contributed by atoms with van der Waals surface area (Å²) in [6.07, 6.45) is 1.21. The number of fused-ring (bicyclic) bond motifs is 3. The number of carbonyl (C=O) groups is 1. The van der Waals surface area contributed by atoms with Crippen molar-refractivity contribution in [1.82, 2.24) is 14.4 Å². The first kappa shape index (κ1) is 12.3. The van der Waals surface area contributed by atoms with Gasteiger partial charge in [-0.05, 0) is 19.1 Å². The zero-order chi connectivity index (χ0) is 14.1. The largest absolute Gasteiger partial charge is 0.462 e. The third-order valence-electron chi connectivity index (χ3n) is 2.89. The van der Waals surface area contributed by atoms with E-state index in [-0.39, 0.29) is 17.9 Å². The molecule has 0 atom stereocenters. The molecular weight excluding hydrogens is 258 g/mol. The summed E-state index contributed by atoms with van der Waals surface area (Å²) in [4.78, 5) is 32.5. The van der Waals surface area contributed by atoms with Crippen molar-refractivity contribution >= 4 is 22.8 Å². The van der Waals surface area contributed by atoms with Gasteiger partial charge in [-0.25, -0.2) is 19.2 Å². The van der Waals surface area contributed by atoms with Crippen molar-refractivity contribution in [2.45, 2.75) is 6.92 Å². The number of rotatable bonds is 2. The normalized spacial score (nSPS) is 10.8. The minimum absolute atomic E-state index is 0.0924. The Morgan fingerprint density at radius 1 is 1.30 bits per heavy atom. The van der Waals surface area contributed by atoms with Gasteiger partial charge >= 0.3 is 5.97 Å².